The van der Waals surface area contributed by atoms with Crippen LogP contribution in [-0.2, 0) is 20.9 Å². The molecule has 3 aliphatic rings. The van der Waals surface area contributed by atoms with Crippen LogP contribution < -0.4 is 0 Å². The molecule has 1 saturated carbocycles. The Bertz CT molecular complexity index is 546. The molecule has 0 radical (unpaired) electrons. The molecule has 1 aromatic rings. The van der Waals surface area contributed by atoms with Gasteiger partial charge in [-0.25, -0.2) is 0 Å². The highest BCUT2D eigenvalue weighted by atomic mass is 16.5. The van der Waals surface area contributed by atoms with Crippen molar-refractivity contribution in [2.24, 2.45) is 5.92 Å². The standard InChI is InChI=1S/C18H24N2O3/c21-18(14-3-1-4-14)20-11-16(17-15(20)5-2-10-22-17)23-12-13-6-8-19-9-7-13/h6-9,14-17H,1-5,10-12H2/t15-,16-,17+/m1/s1. The molecule has 3 heterocycles. The minimum atomic E-state index is -0.0162. The van der Waals surface area contributed by atoms with Gasteiger partial charge in [-0.05, 0) is 43.4 Å². The van der Waals surface area contributed by atoms with E-state index in [4.69, 9.17) is 9.47 Å². The van der Waals surface area contributed by atoms with E-state index in [2.05, 4.69) is 9.88 Å². The summed E-state index contributed by atoms with van der Waals surface area (Å²) in [6, 6.07) is 4.14. The lowest BCUT2D eigenvalue weighted by Crippen LogP contribution is -2.46. The number of fused-ring (bicyclic) bond motifs is 1. The second-order valence-corrected chi connectivity index (χ2v) is 6.87. The van der Waals surface area contributed by atoms with Gasteiger partial charge in [-0.15, -0.1) is 0 Å². The molecule has 0 aromatic carbocycles. The first-order chi connectivity index (χ1) is 11.3. The van der Waals surface area contributed by atoms with Crippen LogP contribution in [0, 0.1) is 5.92 Å². The summed E-state index contributed by atoms with van der Waals surface area (Å²) in [6.07, 6.45) is 8.94. The Morgan fingerprint density at radius 1 is 1.26 bits per heavy atom. The maximum atomic E-state index is 12.7. The number of carbonyl (C=O) groups excluding carboxylic acids is 1. The molecule has 124 valence electrons. The third-order valence-corrected chi connectivity index (χ3v) is 5.43. The fourth-order valence-electron chi connectivity index (χ4n) is 3.88. The van der Waals surface area contributed by atoms with Gasteiger partial charge < -0.3 is 14.4 Å². The first kappa shape index (κ1) is 15.1. The Labute approximate surface area is 137 Å². The van der Waals surface area contributed by atoms with Crippen LogP contribution >= 0.6 is 0 Å². The van der Waals surface area contributed by atoms with Gasteiger partial charge in [-0.3, -0.25) is 9.78 Å². The smallest absolute Gasteiger partial charge is 0.226 e. The number of pyridine rings is 1. The van der Waals surface area contributed by atoms with Crippen LogP contribution in [0.5, 0.6) is 0 Å². The molecule has 0 bridgehead atoms. The van der Waals surface area contributed by atoms with Gasteiger partial charge in [-0.2, -0.15) is 0 Å². The summed E-state index contributed by atoms with van der Waals surface area (Å²) in [4.78, 5) is 18.8. The van der Waals surface area contributed by atoms with E-state index < -0.39 is 0 Å². The molecule has 5 nitrogen and oxygen atoms in total. The lowest BCUT2D eigenvalue weighted by molar-refractivity contribution is -0.141. The third kappa shape index (κ3) is 3.00. The molecular weight excluding hydrogens is 292 g/mol. The lowest BCUT2D eigenvalue weighted by atomic mass is 9.84. The lowest BCUT2D eigenvalue weighted by Gasteiger charge is -2.35. The van der Waals surface area contributed by atoms with Crippen LogP contribution in [-0.4, -0.2) is 47.2 Å². The number of aromatic nitrogens is 1. The summed E-state index contributed by atoms with van der Waals surface area (Å²) >= 11 is 0. The summed E-state index contributed by atoms with van der Waals surface area (Å²) in [7, 11) is 0. The van der Waals surface area contributed by atoms with Crippen molar-refractivity contribution in [3.05, 3.63) is 30.1 Å². The predicted octanol–water partition coefficient (Wildman–Crippen LogP) is 2.16. The van der Waals surface area contributed by atoms with E-state index in [9.17, 15) is 4.79 Å². The molecule has 0 unspecified atom stereocenters. The minimum absolute atomic E-state index is 0.0162. The van der Waals surface area contributed by atoms with E-state index in [1.807, 2.05) is 12.1 Å². The van der Waals surface area contributed by atoms with Crippen molar-refractivity contribution in [3.63, 3.8) is 0 Å². The fourth-order valence-corrected chi connectivity index (χ4v) is 3.88. The zero-order valence-corrected chi connectivity index (χ0v) is 13.4. The SMILES string of the molecule is O=C(C1CCC1)N1C[C@@H](OCc2ccncc2)[C@H]2OCCC[C@H]21. The predicted molar refractivity (Wildman–Crippen MR) is 84.6 cm³/mol. The maximum Gasteiger partial charge on any atom is 0.226 e. The number of ether oxygens (including phenoxy) is 2. The quantitative estimate of drug-likeness (QED) is 0.854. The van der Waals surface area contributed by atoms with E-state index in [1.165, 1.54) is 6.42 Å². The molecule has 0 spiro atoms. The highest BCUT2D eigenvalue weighted by molar-refractivity contribution is 5.80. The Hall–Kier alpha value is -1.46. The number of rotatable bonds is 4. The molecule has 1 aliphatic carbocycles. The van der Waals surface area contributed by atoms with Crippen molar-refractivity contribution in [1.29, 1.82) is 0 Å². The molecule has 23 heavy (non-hydrogen) atoms. The second-order valence-electron chi connectivity index (χ2n) is 6.87. The van der Waals surface area contributed by atoms with Gasteiger partial charge in [0.2, 0.25) is 5.91 Å². The van der Waals surface area contributed by atoms with E-state index in [1.54, 1.807) is 12.4 Å². The van der Waals surface area contributed by atoms with Gasteiger partial charge in [0.1, 0.15) is 12.2 Å². The average molecular weight is 316 g/mol. The van der Waals surface area contributed by atoms with Crippen molar-refractivity contribution in [1.82, 2.24) is 9.88 Å². The molecular formula is C18H24N2O3. The van der Waals surface area contributed by atoms with Gasteiger partial charge in [0.05, 0.1) is 12.6 Å². The number of likely N-dealkylation sites (tertiary alicyclic amines) is 1. The first-order valence-corrected chi connectivity index (χ1v) is 8.75. The Morgan fingerprint density at radius 2 is 2.09 bits per heavy atom. The topological polar surface area (TPSA) is 51.7 Å². The zero-order chi connectivity index (χ0) is 15.6. The van der Waals surface area contributed by atoms with Crippen molar-refractivity contribution in [3.8, 4) is 0 Å². The number of hydrogen-bond donors (Lipinski definition) is 0. The Balaban J connectivity index is 1.43. The molecule has 0 N–H and O–H groups in total. The molecule has 4 rings (SSSR count). The zero-order valence-electron chi connectivity index (χ0n) is 13.4. The van der Waals surface area contributed by atoms with Crippen LogP contribution in [0.4, 0.5) is 0 Å². The number of nitrogens with zero attached hydrogens (tertiary/aromatic N) is 2. The van der Waals surface area contributed by atoms with Crippen molar-refractivity contribution in [2.75, 3.05) is 13.2 Å². The third-order valence-electron chi connectivity index (χ3n) is 5.43. The maximum absolute atomic E-state index is 12.7. The van der Waals surface area contributed by atoms with Gasteiger partial charge in [0, 0.05) is 31.5 Å². The first-order valence-electron chi connectivity index (χ1n) is 8.75. The molecule has 1 aromatic heterocycles. The molecule has 2 saturated heterocycles. The van der Waals surface area contributed by atoms with Gasteiger partial charge in [-0.1, -0.05) is 6.42 Å². The minimum Gasteiger partial charge on any atom is -0.373 e. The molecule has 3 fully saturated rings. The normalized spacial score (nSPS) is 30.8. The van der Waals surface area contributed by atoms with E-state index >= 15 is 0 Å². The fraction of sp³-hybridized carbons (Fsp3) is 0.667. The molecule has 2 aliphatic heterocycles. The van der Waals surface area contributed by atoms with Crippen LogP contribution in [0.15, 0.2) is 24.5 Å². The van der Waals surface area contributed by atoms with Crippen LogP contribution in [0.2, 0.25) is 0 Å². The van der Waals surface area contributed by atoms with Gasteiger partial charge >= 0.3 is 0 Å². The van der Waals surface area contributed by atoms with E-state index in [0.717, 1.165) is 37.9 Å². The Kier molecular flexibility index (Phi) is 4.31. The van der Waals surface area contributed by atoms with Crippen molar-refractivity contribution >= 4 is 5.91 Å². The highest BCUT2D eigenvalue weighted by Crippen LogP contribution is 2.36. The van der Waals surface area contributed by atoms with Gasteiger partial charge in [0.25, 0.3) is 0 Å². The largest absolute Gasteiger partial charge is 0.373 e. The number of carbonyl (C=O) groups is 1. The molecule has 1 amide bonds. The van der Waals surface area contributed by atoms with Crippen LogP contribution in [0.25, 0.3) is 0 Å². The van der Waals surface area contributed by atoms with Gasteiger partial charge in [0.15, 0.2) is 0 Å². The summed E-state index contributed by atoms with van der Waals surface area (Å²) in [5.74, 6) is 0.572. The van der Waals surface area contributed by atoms with Crippen LogP contribution in [0.3, 0.4) is 0 Å². The van der Waals surface area contributed by atoms with Crippen molar-refractivity contribution < 1.29 is 14.3 Å². The monoisotopic (exact) mass is 316 g/mol. The molecule has 5 heteroatoms. The summed E-state index contributed by atoms with van der Waals surface area (Å²) < 4.78 is 12.1. The molecule has 3 atom stereocenters. The number of hydrogen-bond acceptors (Lipinski definition) is 4. The summed E-state index contributed by atoms with van der Waals surface area (Å²) in [5.41, 5.74) is 1.11. The highest BCUT2D eigenvalue weighted by Gasteiger charge is 2.48. The van der Waals surface area contributed by atoms with E-state index in [0.29, 0.717) is 19.1 Å². The number of amides is 1. The van der Waals surface area contributed by atoms with E-state index in [-0.39, 0.29) is 24.2 Å². The summed E-state index contributed by atoms with van der Waals surface area (Å²) in [6.45, 7) is 2.00. The summed E-state index contributed by atoms with van der Waals surface area (Å²) in [5, 5.41) is 0. The van der Waals surface area contributed by atoms with Crippen LogP contribution in [0.1, 0.15) is 37.7 Å². The van der Waals surface area contributed by atoms with Crippen molar-refractivity contribution in [2.45, 2.75) is 57.0 Å². The second kappa shape index (κ2) is 6.57. The Morgan fingerprint density at radius 3 is 2.83 bits per heavy atom. The average Bonchev–Trinajstić information content (AvgIpc) is 2.91.